The van der Waals surface area contributed by atoms with E-state index in [2.05, 4.69) is 0 Å². The highest BCUT2D eigenvalue weighted by Gasteiger charge is 2.45. The van der Waals surface area contributed by atoms with Crippen LogP contribution in [0.3, 0.4) is 0 Å². The third-order valence-electron chi connectivity index (χ3n) is 6.09. The number of carbonyl (C=O) groups excluding carboxylic acids is 2. The molecule has 7 heteroatoms. The molecule has 1 aliphatic heterocycles. The van der Waals surface area contributed by atoms with Crippen LogP contribution in [0.15, 0.2) is 72.3 Å². The van der Waals surface area contributed by atoms with E-state index in [0.29, 0.717) is 28.3 Å². The van der Waals surface area contributed by atoms with Crippen LogP contribution in [0.5, 0.6) is 5.75 Å². The highest BCUT2D eigenvalue weighted by atomic mass is 35.5. The van der Waals surface area contributed by atoms with Crippen LogP contribution in [-0.2, 0) is 16.0 Å². The van der Waals surface area contributed by atoms with Gasteiger partial charge in [0.25, 0.3) is 11.7 Å². The van der Waals surface area contributed by atoms with Gasteiger partial charge in [-0.15, -0.1) is 0 Å². The van der Waals surface area contributed by atoms with Gasteiger partial charge in [-0.05, 0) is 86.3 Å². The fourth-order valence-electron chi connectivity index (χ4n) is 4.34. The molecule has 1 amide bonds. The SMILES string of the molecule is Cc1cc(/C(O)=C2/C(=O)C(=O)N(CCc3ccc(Cl)cc3)C2c2ccc(F)cc2)ccc1OC(C)C. The van der Waals surface area contributed by atoms with Crippen molar-refractivity contribution in [1.82, 2.24) is 4.90 Å². The van der Waals surface area contributed by atoms with Crippen molar-refractivity contribution in [2.75, 3.05) is 6.54 Å². The summed E-state index contributed by atoms with van der Waals surface area (Å²) < 4.78 is 19.5. The number of benzene rings is 3. The van der Waals surface area contributed by atoms with Crippen molar-refractivity contribution in [3.63, 3.8) is 0 Å². The molecule has 1 heterocycles. The topological polar surface area (TPSA) is 66.8 Å². The van der Waals surface area contributed by atoms with E-state index in [-0.39, 0.29) is 24.0 Å². The smallest absolute Gasteiger partial charge is 0.295 e. The molecule has 0 aromatic heterocycles. The zero-order valence-electron chi connectivity index (χ0n) is 20.3. The standard InChI is InChI=1S/C29H27ClFNO4/c1-17(2)36-24-13-8-21(16-18(24)3)27(33)25-26(20-6-11-23(31)12-7-20)32(29(35)28(25)34)15-14-19-4-9-22(30)10-5-19/h4-13,16-17,26,33H,14-15H2,1-3H3/b27-25-. The summed E-state index contributed by atoms with van der Waals surface area (Å²) in [6.07, 6.45) is 0.454. The summed E-state index contributed by atoms with van der Waals surface area (Å²) in [5.41, 5.74) is 2.62. The van der Waals surface area contributed by atoms with E-state index in [4.69, 9.17) is 16.3 Å². The van der Waals surface area contributed by atoms with Crippen molar-refractivity contribution in [3.05, 3.63) is 105 Å². The van der Waals surface area contributed by atoms with Gasteiger partial charge < -0.3 is 14.7 Å². The molecular weight excluding hydrogens is 481 g/mol. The molecule has 3 aromatic carbocycles. The first-order chi connectivity index (χ1) is 17.2. The summed E-state index contributed by atoms with van der Waals surface area (Å²) in [5, 5.41) is 11.9. The Bertz CT molecular complexity index is 1320. The maximum absolute atomic E-state index is 13.7. The molecule has 1 atom stereocenters. The van der Waals surface area contributed by atoms with Gasteiger partial charge in [0.05, 0.1) is 17.7 Å². The highest BCUT2D eigenvalue weighted by Crippen LogP contribution is 2.40. The van der Waals surface area contributed by atoms with Crippen molar-refractivity contribution in [2.45, 2.75) is 39.3 Å². The number of nitrogens with zero attached hydrogens (tertiary/aromatic N) is 1. The Morgan fingerprint density at radius 1 is 1.06 bits per heavy atom. The van der Waals surface area contributed by atoms with Crippen LogP contribution in [0.2, 0.25) is 5.02 Å². The van der Waals surface area contributed by atoms with Crippen molar-refractivity contribution in [2.24, 2.45) is 0 Å². The summed E-state index contributed by atoms with van der Waals surface area (Å²) >= 11 is 5.97. The largest absolute Gasteiger partial charge is 0.507 e. The Morgan fingerprint density at radius 2 is 1.72 bits per heavy atom. The van der Waals surface area contributed by atoms with Gasteiger partial charge in [0, 0.05) is 17.1 Å². The van der Waals surface area contributed by atoms with E-state index >= 15 is 0 Å². The number of ether oxygens (including phenoxy) is 1. The molecule has 0 spiro atoms. The summed E-state index contributed by atoms with van der Waals surface area (Å²) in [7, 11) is 0. The zero-order chi connectivity index (χ0) is 26.0. The Morgan fingerprint density at radius 3 is 2.33 bits per heavy atom. The van der Waals surface area contributed by atoms with E-state index in [0.717, 1.165) is 11.1 Å². The minimum Gasteiger partial charge on any atom is -0.507 e. The quantitative estimate of drug-likeness (QED) is 0.233. The number of carbonyl (C=O) groups is 2. The van der Waals surface area contributed by atoms with E-state index in [1.54, 1.807) is 30.3 Å². The molecule has 36 heavy (non-hydrogen) atoms. The van der Waals surface area contributed by atoms with Gasteiger partial charge in [-0.25, -0.2) is 4.39 Å². The van der Waals surface area contributed by atoms with Gasteiger partial charge in [0.1, 0.15) is 17.3 Å². The second-order valence-electron chi connectivity index (χ2n) is 9.07. The molecule has 1 aliphatic rings. The molecular formula is C29H27ClFNO4. The Labute approximate surface area is 214 Å². The van der Waals surface area contributed by atoms with Crippen LogP contribution in [0, 0.1) is 12.7 Å². The minimum atomic E-state index is -0.857. The maximum atomic E-state index is 13.7. The predicted molar refractivity (Wildman–Crippen MR) is 138 cm³/mol. The van der Waals surface area contributed by atoms with Crippen LogP contribution < -0.4 is 4.74 Å². The van der Waals surface area contributed by atoms with Crippen LogP contribution >= 0.6 is 11.6 Å². The zero-order valence-corrected chi connectivity index (χ0v) is 21.1. The minimum absolute atomic E-state index is 0.0208. The number of ketones is 1. The van der Waals surface area contributed by atoms with Gasteiger partial charge in [-0.2, -0.15) is 0 Å². The van der Waals surface area contributed by atoms with Crippen LogP contribution in [0.4, 0.5) is 4.39 Å². The lowest BCUT2D eigenvalue weighted by molar-refractivity contribution is -0.139. The van der Waals surface area contributed by atoms with Crippen molar-refractivity contribution >= 4 is 29.1 Å². The van der Waals surface area contributed by atoms with Crippen molar-refractivity contribution < 1.29 is 23.8 Å². The lowest BCUT2D eigenvalue weighted by Gasteiger charge is -2.25. The molecule has 1 fully saturated rings. The predicted octanol–water partition coefficient (Wildman–Crippen LogP) is 6.24. The molecule has 3 aromatic rings. The summed E-state index contributed by atoms with van der Waals surface area (Å²) in [6, 6.07) is 17.1. The highest BCUT2D eigenvalue weighted by molar-refractivity contribution is 6.46. The van der Waals surface area contributed by atoms with Gasteiger partial charge in [-0.1, -0.05) is 35.9 Å². The van der Waals surface area contributed by atoms with Crippen LogP contribution in [-0.4, -0.2) is 34.3 Å². The van der Waals surface area contributed by atoms with Gasteiger partial charge >= 0.3 is 0 Å². The summed E-state index contributed by atoms with van der Waals surface area (Å²) in [4.78, 5) is 27.8. The fourth-order valence-corrected chi connectivity index (χ4v) is 4.47. The van der Waals surface area contributed by atoms with E-state index in [1.807, 2.05) is 32.9 Å². The average molecular weight is 508 g/mol. The number of aliphatic hydroxyl groups excluding tert-OH is 1. The fraction of sp³-hybridized carbons (Fsp3) is 0.241. The summed E-state index contributed by atoms with van der Waals surface area (Å²) in [6.45, 7) is 5.91. The number of amides is 1. The molecule has 0 saturated carbocycles. The van der Waals surface area contributed by atoms with Crippen molar-refractivity contribution in [3.8, 4) is 5.75 Å². The van der Waals surface area contributed by atoms with E-state index in [9.17, 15) is 19.1 Å². The van der Waals surface area contributed by atoms with Crippen LogP contribution in [0.25, 0.3) is 5.76 Å². The second kappa shape index (κ2) is 10.5. The molecule has 186 valence electrons. The normalized spacial score (nSPS) is 17.2. The lowest BCUT2D eigenvalue weighted by atomic mass is 9.94. The molecule has 1 saturated heterocycles. The average Bonchev–Trinajstić information content (AvgIpc) is 3.09. The van der Waals surface area contributed by atoms with Crippen molar-refractivity contribution in [1.29, 1.82) is 0 Å². The first-order valence-electron chi connectivity index (χ1n) is 11.7. The van der Waals surface area contributed by atoms with E-state index in [1.165, 1.54) is 29.2 Å². The first-order valence-corrected chi connectivity index (χ1v) is 12.1. The molecule has 1 unspecified atom stereocenters. The number of likely N-dealkylation sites (tertiary alicyclic amines) is 1. The number of Topliss-reactive ketones (excluding diaryl/α,β-unsaturated/α-hetero) is 1. The molecule has 0 aliphatic carbocycles. The van der Waals surface area contributed by atoms with Gasteiger partial charge in [-0.3, -0.25) is 9.59 Å². The van der Waals surface area contributed by atoms with Gasteiger partial charge in [0.15, 0.2) is 0 Å². The maximum Gasteiger partial charge on any atom is 0.295 e. The number of aliphatic hydroxyl groups is 1. The summed E-state index contributed by atoms with van der Waals surface area (Å²) in [5.74, 6) is -1.54. The molecule has 4 rings (SSSR count). The monoisotopic (exact) mass is 507 g/mol. The number of halogens is 2. The Kier molecular flexibility index (Phi) is 7.45. The molecule has 1 N–H and O–H groups in total. The second-order valence-corrected chi connectivity index (χ2v) is 9.50. The Balaban J connectivity index is 1.75. The number of hydrogen-bond acceptors (Lipinski definition) is 4. The third kappa shape index (κ3) is 5.29. The number of rotatable bonds is 7. The molecule has 5 nitrogen and oxygen atoms in total. The van der Waals surface area contributed by atoms with E-state index < -0.39 is 23.5 Å². The van der Waals surface area contributed by atoms with Crippen LogP contribution in [0.1, 0.15) is 42.1 Å². The Hall–Kier alpha value is -3.64. The van der Waals surface area contributed by atoms with Gasteiger partial charge in [0.2, 0.25) is 0 Å². The first kappa shape index (κ1) is 25.5. The third-order valence-corrected chi connectivity index (χ3v) is 6.34. The lowest BCUT2D eigenvalue weighted by Crippen LogP contribution is -2.31. The molecule has 0 bridgehead atoms. The number of hydrogen-bond donors (Lipinski definition) is 1. The number of aryl methyl sites for hydroxylation is 1. The molecule has 0 radical (unpaired) electrons.